The van der Waals surface area contributed by atoms with Crippen molar-refractivity contribution in [2.75, 3.05) is 39.4 Å². The van der Waals surface area contributed by atoms with E-state index in [2.05, 4.69) is 15.2 Å². The summed E-state index contributed by atoms with van der Waals surface area (Å²) in [6, 6.07) is 4.04. The number of aromatic nitrogens is 1. The van der Waals surface area contributed by atoms with Gasteiger partial charge in [0.1, 0.15) is 9.88 Å². The molecule has 1 saturated heterocycles. The summed E-state index contributed by atoms with van der Waals surface area (Å²) in [6.45, 7) is 7.22. The quantitative estimate of drug-likeness (QED) is 0.813. The van der Waals surface area contributed by atoms with Crippen LogP contribution in [0.15, 0.2) is 17.5 Å². The number of hydrogen-bond acceptors (Lipinski definition) is 6. The third-order valence-electron chi connectivity index (χ3n) is 3.78. The van der Waals surface area contributed by atoms with Gasteiger partial charge < -0.3 is 10.1 Å². The molecule has 1 aliphatic heterocycles. The van der Waals surface area contributed by atoms with Crippen LogP contribution in [0.3, 0.4) is 0 Å². The van der Waals surface area contributed by atoms with E-state index in [9.17, 15) is 4.79 Å². The molecular weight excluding hydrogens is 330 g/mol. The molecule has 0 aromatic carbocycles. The molecule has 2 aromatic heterocycles. The Morgan fingerprint density at radius 2 is 2.26 bits per heavy atom. The molecule has 3 heterocycles. The average Bonchev–Trinajstić information content (AvgIpc) is 3.21. The van der Waals surface area contributed by atoms with Gasteiger partial charge in [-0.25, -0.2) is 4.98 Å². The zero-order valence-electron chi connectivity index (χ0n) is 13.2. The first-order valence-electron chi connectivity index (χ1n) is 7.83. The molecule has 0 unspecified atom stereocenters. The van der Waals surface area contributed by atoms with Gasteiger partial charge in [-0.15, -0.1) is 22.7 Å². The lowest BCUT2D eigenvalue weighted by Crippen LogP contribution is -2.38. The van der Waals surface area contributed by atoms with Crippen LogP contribution >= 0.6 is 22.7 Å². The van der Waals surface area contributed by atoms with Crippen molar-refractivity contribution in [2.45, 2.75) is 13.3 Å². The molecule has 0 saturated carbocycles. The summed E-state index contributed by atoms with van der Waals surface area (Å²) < 4.78 is 5.33. The highest BCUT2D eigenvalue weighted by Crippen LogP contribution is 2.30. The van der Waals surface area contributed by atoms with Crippen molar-refractivity contribution in [2.24, 2.45) is 0 Å². The number of carbonyl (C=O) groups is 1. The van der Waals surface area contributed by atoms with Gasteiger partial charge in [-0.3, -0.25) is 9.69 Å². The van der Waals surface area contributed by atoms with E-state index in [0.29, 0.717) is 6.54 Å². The van der Waals surface area contributed by atoms with Gasteiger partial charge in [0.25, 0.3) is 5.91 Å². The van der Waals surface area contributed by atoms with Crippen molar-refractivity contribution in [3.05, 3.63) is 28.1 Å². The van der Waals surface area contributed by atoms with E-state index in [1.807, 2.05) is 24.4 Å². The summed E-state index contributed by atoms with van der Waals surface area (Å²) in [5, 5.41) is 5.97. The summed E-state index contributed by atoms with van der Waals surface area (Å²) in [7, 11) is 0. The Hall–Kier alpha value is -1.28. The van der Waals surface area contributed by atoms with Crippen LogP contribution in [0.2, 0.25) is 0 Å². The first-order chi connectivity index (χ1) is 11.2. The lowest BCUT2D eigenvalue weighted by Gasteiger charge is -2.26. The van der Waals surface area contributed by atoms with Crippen LogP contribution in [0.25, 0.3) is 9.88 Å². The Morgan fingerprint density at radius 3 is 3.00 bits per heavy atom. The van der Waals surface area contributed by atoms with E-state index in [1.54, 1.807) is 11.3 Å². The Bertz CT molecular complexity index is 634. The molecule has 3 rings (SSSR count). The van der Waals surface area contributed by atoms with E-state index in [4.69, 9.17) is 4.74 Å². The number of thiophene rings is 1. The van der Waals surface area contributed by atoms with Crippen LogP contribution in [-0.4, -0.2) is 55.2 Å². The lowest BCUT2D eigenvalue weighted by atomic mass is 10.3. The molecule has 0 radical (unpaired) electrons. The van der Waals surface area contributed by atoms with Gasteiger partial charge in [0.2, 0.25) is 0 Å². The SMILES string of the molecule is Cc1nc(-c2cccs2)sc1C(=O)NCCCN1CCOCC1. The highest BCUT2D eigenvalue weighted by atomic mass is 32.1. The highest BCUT2D eigenvalue weighted by molar-refractivity contribution is 7.22. The lowest BCUT2D eigenvalue weighted by molar-refractivity contribution is 0.0374. The molecule has 1 N–H and O–H groups in total. The largest absolute Gasteiger partial charge is 0.379 e. The minimum atomic E-state index is -0.00946. The minimum Gasteiger partial charge on any atom is -0.379 e. The van der Waals surface area contributed by atoms with Crippen LogP contribution in [0.1, 0.15) is 21.8 Å². The van der Waals surface area contributed by atoms with Crippen molar-refractivity contribution in [3.8, 4) is 9.88 Å². The van der Waals surface area contributed by atoms with Crippen LogP contribution < -0.4 is 5.32 Å². The smallest absolute Gasteiger partial charge is 0.263 e. The molecule has 5 nitrogen and oxygen atoms in total. The maximum Gasteiger partial charge on any atom is 0.263 e. The number of carbonyl (C=O) groups excluding carboxylic acids is 1. The number of morpholine rings is 1. The maximum absolute atomic E-state index is 12.3. The molecule has 0 bridgehead atoms. The van der Waals surface area contributed by atoms with Crippen LogP contribution in [0.4, 0.5) is 0 Å². The van der Waals surface area contributed by atoms with E-state index in [-0.39, 0.29) is 5.91 Å². The Kier molecular flexibility index (Phi) is 5.77. The number of hydrogen-bond donors (Lipinski definition) is 1. The van der Waals surface area contributed by atoms with Gasteiger partial charge in [0.05, 0.1) is 23.8 Å². The number of rotatable bonds is 6. The van der Waals surface area contributed by atoms with Gasteiger partial charge >= 0.3 is 0 Å². The van der Waals surface area contributed by atoms with Crippen molar-refractivity contribution in [1.29, 1.82) is 0 Å². The third kappa shape index (κ3) is 4.38. The minimum absolute atomic E-state index is 0.00946. The highest BCUT2D eigenvalue weighted by Gasteiger charge is 2.16. The fourth-order valence-electron chi connectivity index (χ4n) is 2.52. The molecular formula is C16H21N3O2S2. The molecule has 1 aliphatic rings. The molecule has 0 aliphatic carbocycles. The average molecular weight is 351 g/mol. The number of aryl methyl sites for hydroxylation is 1. The summed E-state index contributed by atoms with van der Waals surface area (Å²) in [6.07, 6.45) is 0.960. The molecule has 0 spiro atoms. The second-order valence-electron chi connectivity index (χ2n) is 5.47. The van der Waals surface area contributed by atoms with Gasteiger partial charge in [0, 0.05) is 19.6 Å². The van der Waals surface area contributed by atoms with Gasteiger partial charge in [0.15, 0.2) is 0 Å². The fraction of sp³-hybridized carbons (Fsp3) is 0.500. The molecule has 1 amide bonds. The van der Waals surface area contributed by atoms with E-state index in [0.717, 1.165) is 59.7 Å². The monoisotopic (exact) mass is 351 g/mol. The van der Waals surface area contributed by atoms with Crippen molar-refractivity contribution >= 4 is 28.6 Å². The number of thiazole rings is 1. The number of nitrogens with one attached hydrogen (secondary N) is 1. The predicted molar refractivity (Wildman–Crippen MR) is 94.4 cm³/mol. The fourth-order valence-corrected chi connectivity index (χ4v) is 4.30. The van der Waals surface area contributed by atoms with Crippen molar-refractivity contribution < 1.29 is 9.53 Å². The summed E-state index contributed by atoms with van der Waals surface area (Å²) in [5.41, 5.74) is 0.809. The molecule has 0 atom stereocenters. The normalized spacial score (nSPS) is 15.7. The van der Waals surface area contributed by atoms with Gasteiger partial charge in [-0.05, 0) is 31.3 Å². The van der Waals surface area contributed by atoms with E-state index < -0.39 is 0 Å². The van der Waals surface area contributed by atoms with Gasteiger partial charge in [-0.1, -0.05) is 6.07 Å². The van der Waals surface area contributed by atoms with Crippen molar-refractivity contribution in [3.63, 3.8) is 0 Å². The summed E-state index contributed by atoms with van der Waals surface area (Å²) in [4.78, 5) is 21.1. The molecule has 23 heavy (non-hydrogen) atoms. The summed E-state index contributed by atoms with van der Waals surface area (Å²) in [5.74, 6) is -0.00946. The van der Waals surface area contributed by atoms with E-state index in [1.165, 1.54) is 11.3 Å². The van der Waals surface area contributed by atoms with Crippen LogP contribution in [0.5, 0.6) is 0 Å². The maximum atomic E-state index is 12.3. The molecule has 124 valence electrons. The number of nitrogens with zero attached hydrogens (tertiary/aromatic N) is 2. The predicted octanol–water partition coefficient (Wildman–Crippen LogP) is 2.63. The molecule has 7 heteroatoms. The molecule has 2 aromatic rings. The zero-order chi connectivity index (χ0) is 16.1. The van der Waals surface area contributed by atoms with Gasteiger partial charge in [-0.2, -0.15) is 0 Å². The number of amides is 1. The van der Waals surface area contributed by atoms with Crippen molar-refractivity contribution in [1.82, 2.24) is 15.2 Å². The first kappa shape index (κ1) is 16.6. The number of ether oxygens (including phenoxy) is 1. The van der Waals surface area contributed by atoms with Crippen LogP contribution in [-0.2, 0) is 4.74 Å². The topological polar surface area (TPSA) is 54.5 Å². The second kappa shape index (κ2) is 8.01. The Morgan fingerprint density at radius 1 is 1.43 bits per heavy atom. The Labute approximate surface area is 144 Å². The summed E-state index contributed by atoms with van der Waals surface area (Å²) >= 11 is 3.12. The molecule has 1 fully saturated rings. The van der Waals surface area contributed by atoms with Crippen LogP contribution in [0, 0.1) is 6.92 Å². The standard InChI is InChI=1S/C16H21N3O2S2/c1-12-14(23-16(18-12)13-4-2-11-22-13)15(20)17-5-3-6-19-7-9-21-10-8-19/h2,4,11H,3,5-10H2,1H3,(H,17,20). The zero-order valence-corrected chi connectivity index (χ0v) is 14.8. The van der Waals surface area contributed by atoms with E-state index >= 15 is 0 Å². The third-order valence-corrected chi connectivity index (χ3v) is 5.97. The second-order valence-corrected chi connectivity index (χ2v) is 7.42. The first-order valence-corrected chi connectivity index (χ1v) is 9.53. The Balaban J connectivity index is 1.48.